The normalized spacial score (nSPS) is 16.3. The summed E-state index contributed by atoms with van der Waals surface area (Å²) in [6, 6.07) is 11.2. The van der Waals surface area contributed by atoms with E-state index in [1.165, 1.54) is 0 Å². The standard InChI is InChI=1S/C19H19N3O3/c1-3-9-22-18(14-8-5-10-25-14)15-16(20-21-17(15)19(22)23)12-6-4-7-13(11-12)24-2/h4-8,10-11,18H,3,9H2,1-2H3,(H,20,21). The van der Waals surface area contributed by atoms with Crippen LogP contribution in [0.3, 0.4) is 0 Å². The molecule has 2 aromatic heterocycles. The van der Waals surface area contributed by atoms with E-state index in [2.05, 4.69) is 17.1 Å². The SMILES string of the molecule is CCCN1C(=O)c2[nH]nc(-c3cccc(OC)c3)c2C1c1ccco1. The van der Waals surface area contributed by atoms with Crippen LogP contribution in [0.1, 0.15) is 41.2 Å². The highest BCUT2D eigenvalue weighted by atomic mass is 16.5. The number of hydrogen-bond donors (Lipinski definition) is 1. The van der Waals surface area contributed by atoms with Gasteiger partial charge in [-0.2, -0.15) is 5.10 Å². The van der Waals surface area contributed by atoms with Crippen LogP contribution in [0.25, 0.3) is 11.3 Å². The fourth-order valence-corrected chi connectivity index (χ4v) is 3.40. The van der Waals surface area contributed by atoms with Gasteiger partial charge in [-0.05, 0) is 30.7 Å². The molecule has 1 unspecified atom stereocenters. The maximum Gasteiger partial charge on any atom is 0.273 e. The number of aromatic amines is 1. The van der Waals surface area contributed by atoms with E-state index in [1.807, 2.05) is 41.3 Å². The van der Waals surface area contributed by atoms with E-state index in [4.69, 9.17) is 9.15 Å². The van der Waals surface area contributed by atoms with E-state index in [1.54, 1.807) is 13.4 Å². The summed E-state index contributed by atoms with van der Waals surface area (Å²) in [5.74, 6) is 1.45. The van der Waals surface area contributed by atoms with Crippen molar-refractivity contribution in [1.29, 1.82) is 0 Å². The Balaban J connectivity index is 1.87. The summed E-state index contributed by atoms with van der Waals surface area (Å²) in [5.41, 5.74) is 3.05. The average molecular weight is 337 g/mol. The van der Waals surface area contributed by atoms with Gasteiger partial charge in [-0.3, -0.25) is 9.89 Å². The van der Waals surface area contributed by atoms with Crippen LogP contribution in [0.4, 0.5) is 0 Å². The van der Waals surface area contributed by atoms with E-state index in [0.717, 1.165) is 34.8 Å². The number of nitrogens with zero attached hydrogens (tertiary/aromatic N) is 2. The van der Waals surface area contributed by atoms with Gasteiger partial charge in [0.1, 0.15) is 23.2 Å². The molecule has 1 N–H and O–H groups in total. The smallest absolute Gasteiger partial charge is 0.273 e. The molecule has 25 heavy (non-hydrogen) atoms. The second kappa shape index (κ2) is 6.12. The van der Waals surface area contributed by atoms with Gasteiger partial charge in [0, 0.05) is 17.7 Å². The van der Waals surface area contributed by atoms with Crippen molar-refractivity contribution in [3.05, 3.63) is 59.7 Å². The van der Waals surface area contributed by atoms with E-state index >= 15 is 0 Å². The Labute approximate surface area is 145 Å². The second-order valence-corrected chi connectivity index (χ2v) is 6.01. The zero-order valence-corrected chi connectivity index (χ0v) is 14.2. The Morgan fingerprint density at radius 1 is 1.32 bits per heavy atom. The number of H-pyrrole nitrogens is 1. The van der Waals surface area contributed by atoms with Crippen LogP contribution in [0, 0.1) is 0 Å². The average Bonchev–Trinajstić information content (AvgIpc) is 3.35. The number of fused-ring (bicyclic) bond motifs is 1. The lowest BCUT2D eigenvalue weighted by atomic mass is 10.00. The van der Waals surface area contributed by atoms with Gasteiger partial charge in [-0.25, -0.2) is 0 Å². The van der Waals surface area contributed by atoms with Crippen LogP contribution in [0.2, 0.25) is 0 Å². The minimum Gasteiger partial charge on any atom is -0.497 e. The van der Waals surface area contributed by atoms with E-state index < -0.39 is 0 Å². The van der Waals surface area contributed by atoms with Gasteiger partial charge in [-0.1, -0.05) is 19.1 Å². The number of furan rings is 1. The van der Waals surface area contributed by atoms with E-state index in [0.29, 0.717) is 12.2 Å². The molecule has 0 spiro atoms. The fraction of sp³-hybridized carbons (Fsp3) is 0.263. The number of ether oxygens (including phenoxy) is 1. The van der Waals surface area contributed by atoms with Gasteiger partial charge < -0.3 is 14.1 Å². The zero-order chi connectivity index (χ0) is 17.4. The minimum atomic E-state index is -0.266. The predicted molar refractivity (Wildman–Crippen MR) is 92.5 cm³/mol. The number of amides is 1. The largest absolute Gasteiger partial charge is 0.497 e. The molecule has 6 nitrogen and oxygen atoms in total. The molecule has 6 heteroatoms. The monoisotopic (exact) mass is 337 g/mol. The van der Waals surface area contributed by atoms with Crippen LogP contribution in [0.15, 0.2) is 47.1 Å². The molecule has 0 saturated carbocycles. The number of nitrogens with one attached hydrogen (secondary N) is 1. The molecule has 1 aliphatic heterocycles. The molecule has 1 aliphatic rings. The van der Waals surface area contributed by atoms with Crippen molar-refractivity contribution < 1.29 is 13.9 Å². The van der Waals surface area contributed by atoms with Gasteiger partial charge >= 0.3 is 0 Å². The maximum atomic E-state index is 12.8. The lowest BCUT2D eigenvalue weighted by Crippen LogP contribution is -2.30. The topological polar surface area (TPSA) is 71.4 Å². The third-order valence-corrected chi connectivity index (χ3v) is 4.48. The summed E-state index contributed by atoms with van der Waals surface area (Å²) in [4.78, 5) is 14.7. The Morgan fingerprint density at radius 3 is 2.92 bits per heavy atom. The Kier molecular flexibility index (Phi) is 3.80. The highest BCUT2D eigenvalue weighted by Gasteiger charge is 2.43. The first kappa shape index (κ1) is 15.5. The summed E-state index contributed by atoms with van der Waals surface area (Å²) < 4.78 is 11.0. The third-order valence-electron chi connectivity index (χ3n) is 4.48. The molecule has 1 aromatic carbocycles. The van der Waals surface area contributed by atoms with Gasteiger partial charge in [-0.15, -0.1) is 0 Å². The quantitative estimate of drug-likeness (QED) is 0.772. The Bertz CT molecular complexity index is 899. The number of methoxy groups -OCH3 is 1. The number of carbonyl (C=O) groups is 1. The fourth-order valence-electron chi connectivity index (χ4n) is 3.40. The van der Waals surface area contributed by atoms with E-state index in [9.17, 15) is 4.79 Å². The summed E-state index contributed by atoms with van der Waals surface area (Å²) in [7, 11) is 1.63. The first-order valence-corrected chi connectivity index (χ1v) is 8.31. The second-order valence-electron chi connectivity index (χ2n) is 6.01. The molecule has 128 valence electrons. The first-order chi connectivity index (χ1) is 12.2. The van der Waals surface area contributed by atoms with Crippen LogP contribution in [0.5, 0.6) is 5.75 Å². The Hall–Kier alpha value is -3.02. The van der Waals surface area contributed by atoms with Crippen molar-refractivity contribution in [2.45, 2.75) is 19.4 Å². The summed E-state index contributed by atoms with van der Waals surface area (Å²) >= 11 is 0. The van der Waals surface area contributed by atoms with Gasteiger partial charge in [0.2, 0.25) is 0 Å². The van der Waals surface area contributed by atoms with Crippen molar-refractivity contribution in [3.63, 3.8) is 0 Å². The molecule has 1 amide bonds. The lowest BCUT2D eigenvalue weighted by Gasteiger charge is -2.23. The molecule has 1 atom stereocenters. The first-order valence-electron chi connectivity index (χ1n) is 8.31. The van der Waals surface area contributed by atoms with Gasteiger partial charge in [0.25, 0.3) is 5.91 Å². The van der Waals surface area contributed by atoms with Crippen LogP contribution < -0.4 is 4.74 Å². The molecule has 0 bridgehead atoms. The summed E-state index contributed by atoms with van der Waals surface area (Å²) in [5, 5.41) is 7.35. The molecule has 3 aromatic rings. The van der Waals surface area contributed by atoms with Gasteiger partial charge in [0.15, 0.2) is 0 Å². The zero-order valence-electron chi connectivity index (χ0n) is 14.2. The molecule has 4 rings (SSSR count). The summed E-state index contributed by atoms with van der Waals surface area (Å²) in [6.45, 7) is 2.71. The molecule has 0 saturated heterocycles. The third kappa shape index (κ3) is 2.41. The van der Waals surface area contributed by atoms with Crippen LogP contribution >= 0.6 is 0 Å². The van der Waals surface area contributed by atoms with E-state index in [-0.39, 0.29) is 11.9 Å². The van der Waals surface area contributed by atoms with Crippen LogP contribution in [-0.2, 0) is 0 Å². The Morgan fingerprint density at radius 2 is 2.20 bits per heavy atom. The number of benzene rings is 1. The predicted octanol–water partition coefficient (Wildman–Crippen LogP) is 3.63. The highest BCUT2D eigenvalue weighted by Crippen LogP contribution is 2.43. The van der Waals surface area contributed by atoms with Crippen molar-refractivity contribution in [2.24, 2.45) is 0 Å². The van der Waals surface area contributed by atoms with Crippen molar-refractivity contribution in [2.75, 3.05) is 13.7 Å². The number of carbonyl (C=O) groups excluding carboxylic acids is 1. The van der Waals surface area contributed by atoms with Gasteiger partial charge in [0.05, 0.1) is 19.1 Å². The number of rotatable bonds is 5. The lowest BCUT2D eigenvalue weighted by molar-refractivity contribution is 0.0730. The minimum absolute atomic E-state index is 0.0418. The molecule has 0 fully saturated rings. The summed E-state index contributed by atoms with van der Waals surface area (Å²) in [6.07, 6.45) is 2.50. The number of hydrogen-bond acceptors (Lipinski definition) is 4. The molecular weight excluding hydrogens is 318 g/mol. The number of aromatic nitrogens is 2. The van der Waals surface area contributed by atoms with Crippen molar-refractivity contribution >= 4 is 5.91 Å². The molecule has 3 heterocycles. The van der Waals surface area contributed by atoms with Crippen LogP contribution in [-0.4, -0.2) is 34.7 Å². The maximum absolute atomic E-state index is 12.8. The van der Waals surface area contributed by atoms with Crippen molar-refractivity contribution in [3.8, 4) is 17.0 Å². The van der Waals surface area contributed by atoms with Crippen molar-refractivity contribution in [1.82, 2.24) is 15.1 Å². The molecular formula is C19H19N3O3. The molecule has 0 radical (unpaired) electrons. The molecule has 0 aliphatic carbocycles. The highest BCUT2D eigenvalue weighted by molar-refractivity contribution is 6.00.